The van der Waals surface area contributed by atoms with Crippen molar-refractivity contribution >= 4 is 23.3 Å². The van der Waals surface area contributed by atoms with E-state index in [0.29, 0.717) is 0 Å². The Morgan fingerprint density at radius 2 is 2.31 bits per heavy atom. The fraction of sp³-hybridized carbons (Fsp3) is 0.222. The van der Waals surface area contributed by atoms with E-state index in [2.05, 4.69) is 5.32 Å². The molecule has 13 heavy (non-hydrogen) atoms. The van der Waals surface area contributed by atoms with Crippen molar-refractivity contribution in [1.29, 1.82) is 0 Å². The first-order valence-corrected chi connectivity index (χ1v) is 4.29. The predicted octanol–water partition coefficient (Wildman–Crippen LogP) is 2.47. The summed E-state index contributed by atoms with van der Waals surface area (Å²) in [7, 11) is 0. The topological polar surface area (TPSA) is 49.3 Å². The maximum atomic E-state index is 10.7. The lowest BCUT2D eigenvalue weighted by Crippen LogP contribution is -2.01. The van der Waals surface area contributed by atoms with Gasteiger partial charge in [-0.2, -0.15) is 0 Å². The first-order valence-electron chi connectivity index (χ1n) is 3.92. The SMILES string of the molecule is CCNc1ccc(Cl)c(C(=O)O)c1. The number of aromatic carboxylic acids is 1. The highest BCUT2D eigenvalue weighted by Gasteiger charge is 2.08. The van der Waals surface area contributed by atoms with E-state index in [-0.39, 0.29) is 10.6 Å². The van der Waals surface area contributed by atoms with Gasteiger partial charge in [-0.1, -0.05) is 11.6 Å². The van der Waals surface area contributed by atoms with Gasteiger partial charge in [0.2, 0.25) is 0 Å². The molecule has 0 aliphatic carbocycles. The van der Waals surface area contributed by atoms with E-state index < -0.39 is 5.97 Å². The van der Waals surface area contributed by atoms with Crippen molar-refractivity contribution in [3.63, 3.8) is 0 Å². The second-order valence-electron chi connectivity index (χ2n) is 2.53. The maximum absolute atomic E-state index is 10.7. The number of halogens is 1. The summed E-state index contributed by atoms with van der Waals surface area (Å²) >= 11 is 5.68. The number of nitrogens with one attached hydrogen (secondary N) is 1. The van der Waals surface area contributed by atoms with Crippen LogP contribution in [0.2, 0.25) is 5.02 Å². The molecule has 0 aliphatic rings. The first kappa shape index (κ1) is 9.86. The minimum Gasteiger partial charge on any atom is -0.478 e. The van der Waals surface area contributed by atoms with Gasteiger partial charge in [0.05, 0.1) is 10.6 Å². The van der Waals surface area contributed by atoms with Gasteiger partial charge in [0.15, 0.2) is 0 Å². The molecule has 4 heteroatoms. The third-order valence-corrected chi connectivity index (χ3v) is 1.91. The normalized spacial score (nSPS) is 9.69. The van der Waals surface area contributed by atoms with E-state index >= 15 is 0 Å². The minimum absolute atomic E-state index is 0.125. The van der Waals surface area contributed by atoms with Crippen LogP contribution in [0.3, 0.4) is 0 Å². The Kier molecular flexibility index (Phi) is 3.14. The number of carbonyl (C=O) groups is 1. The minimum atomic E-state index is -1.01. The average Bonchev–Trinajstić information content (AvgIpc) is 2.08. The van der Waals surface area contributed by atoms with Crippen molar-refractivity contribution in [2.45, 2.75) is 6.92 Å². The molecule has 0 heterocycles. The summed E-state index contributed by atoms with van der Waals surface area (Å²) < 4.78 is 0. The van der Waals surface area contributed by atoms with E-state index in [4.69, 9.17) is 16.7 Å². The summed E-state index contributed by atoms with van der Waals surface area (Å²) in [6.07, 6.45) is 0. The number of carboxylic acid groups (broad SMARTS) is 1. The van der Waals surface area contributed by atoms with Gasteiger partial charge in [0, 0.05) is 12.2 Å². The lowest BCUT2D eigenvalue weighted by atomic mass is 10.2. The van der Waals surface area contributed by atoms with Crippen LogP contribution >= 0.6 is 11.6 Å². The Hall–Kier alpha value is -1.22. The third kappa shape index (κ3) is 2.36. The molecule has 2 N–H and O–H groups in total. The fourth-order valence-corrected chi connectivity index (χ4v) is 1.20. The highest BCUT2D eigenvalue weighted by Crippen LogP contribution is 2.20. The quantitative estimate of drug-likeness (QED) is 0.786. The Morgan fingerprint density at radius 1 is 1.62 bits per heavy atom. The number of carboxylic acids is 1. The largest absolute Gasteiger partial charge is 0.478 e. The molecule has 0 radical (unpaired) electrons. The molecule has 0 atom stereocenters. The van der Waals surface area contributed by atoms with Gasteiger partial charge in [0.25, 0.3) is 0 Å². The lowest BCUT2D eigenvalue weighted by Gasteiger charge is -2.04. The summed E-state index contributed by atoms with van der Waals surface area (Å²) in [6, 6.07) is 4.84. The summed E-state index contributed by atoms with van der Waals surface area (Å²) in [6.45, 7) is 2.69. The van der Waals surface area contributed by atoms with Gasteiger partial charge in [-0.15, -0.1) is 0 Å². The molecule has 1 rings (SSSR count). The first-order chi connectivity index (χ1) is 6.15. The Balaban J connectivity index is 3.04. The molecule has 0 fully saturated rings. The molecular formula is C9H10ClNO2. The van der Waals surface area contributed by atoms with E-state index in [1.165, 1.54) is 6.07 Å². The van der Waals surface area contributed by atoms with Crippen LogP contribution in [0.1, 0.15) is 17.3 Å². The van der Waals surface area contributed by atoms with E-state index in [1.54, 1.807) is 12.1 Å². The highest BCUT2D eigenvalue weighted by atomic mass is 35.5. The van der Waals surface area contributed by atoms with Crippen molar-refractivity contribution in [3.05, 3.63) is 28.8 Å². The Morgan fingerprint density at radius 3 is 2.85 bits per heavy atom. The number of rotatable bonds is 3. The van der Waals surface area contributed by atoms with Crippen LogP contribution in [0.4, 0.5) is 5.69 Å². The summed E-state index contributed by atoms with van der Waals surface area (Å²) in [4.78, 5) is 10.7. The molecule has 0 unspecified atom stereocenters. The van der Waals surface area contributed by atoms with E-state index in [1.807, 2.05) is 6.92 Å². The van der Waals surface area contributed by atoms with Crippen LogP contribution in [-0.4, -0.2) is 17.6 Å². The van der Waals surface area contributed by atoms with Crippen LogP contribution in [0.25, 0.3) is 0 Å². The van der Waals surface area contributed by atoms with Gasteiger partial charge in [0.1, 0.15) is 0 Å². The Bertz CT molecular complexity index is 325. The van der Waals surface area contributed by atoms with Gasteiger partial charge in [-0.3, -0.25) is 0 Å². The lowest BCUT2D eigenvalue weighted by molar-refractivity contribution is 0.0697. The van der Waals surface area contributed by atoms with Crippen molar-refractivity contribution in [2.75, 3.05) is 11.9 Å². The molecule has 70 valence electrons. The van der Waals surface area contributed by atoms with Crippen LogP contribution < -0.4 is 5.32 Å². The van der Waals surface area contributed by atoms with Crippen LogP contribution in [0, 0.1) is 0 Å². The molecule has 0 saturated carbocycles. The number of hydrogen-bond donors (Lipinski definition) is 2. The monoisotopic (exact) mass is 199 g/mol. The van der Waals surface area contributed by atoms with Crippen LogP contribution in [0.15, 0.2) is 18.2 Å². The Labute approximate surface area is 81.3 Å². The van der Waals surface area contributed by atoms with Crippen molar-refractivity contribution in [1.82, 2.24) is 0 Å². The summed E-state index contributed by atoms with van der Waals surface area (Å²) in [5.41, 5.74) is 0.893. The van der Waals surface area contributed by atoms with Gasteiger partial charge >= 0.3 is 5.97 Å². The molecule has 0 aromatic heterocycles. The average molecular weight is 200 g/mol. The summed E-state index contributed by atoms with van der Waals surface area (Å²) in [5, 5.41) is 12.0. The zero-order valence-corrected chi connectivity index (χ0v) is 7.93. The molecule has 0 spiro atoms. The molecule has 1 aromatic carbocycles. The maximum Gasteiger partial charge on any atom is 0.337 e. The van der Waals surface area contributed by atoms with Gasteiger partial charge in [-0.25, -0.2) is 4.79 Å². The molecular weight excluding hydrogens is 190 g/mol. The van der Waals surface area contributed by atoms with Crippen molar-refractivity contribution in [3.8, 4) is 0 Å². The molecule has 0 aliphatic heterocycles. The smallest absolute Gasteiger partial charge is 0.337 e. The summed E-state index contributed by atoms with van der Waals surface area (Å²) in [5.74, 6) is -1.01. The molecule has 1 aromatic rings. The predicted molar refractivity (Wildman–Crippen MR) is 52.6 cm³/mol. The van der Waals surface area contributed by atoms with Crippen molar-refractivity contribution < 1.29 is 9.90 Å². The zero-order valence-electron chi connectivity index (χ0n) is 7.17. The molecule has 0 bridgehead atoms. The van der Waals surface area contributed by atoms with E-state index in [9.17, 15) is 4.79 Å². The third-order valence-electron chi connectivity index (χ3n) is 1.58. The standard InChI is InChI=1S/C9H10ClNO2/c1-2-11-6-3-4-8(10)7(5-6)9(12)13/h3-5,11H,2H2,1H3,(H,12,13). The second kappa shape index (κ2) is 4.14. The molecule has 0 amide bonds. The number of benzene rings is 1. The highest BCUT2D eigenvalue weighted by molar-refractivity contribution is 6.33. The van der Waals surface area contributed by atoms with Gasteiger partial charge in [-0.05, 0) is 25.1 Å². The number of hydrogen-bond acceptors (Lipinski definition) is 2. The van der Waals surface area contributed by atoms with E-state index in [0.717, 1.165) is 12.2 Å². The molecule has 0 saturated heterocycles. The van der Waals surface area contributed by atoms with Gasteiger partial charge < -0.3 is 10.4 Å². The van der Waals surface area contributed by atoms with Crippen LogP contribution in [-0.2, 0) is 0 Å². The van der Waals surface area contributed by atoms with Crippen molar-refractivity contribution in [2.24, 2.45) is 0 Å². The number of anilines is 1. The molecule has 3 nitrogen and oxygen atoms in total. The second-order valence-corrected chi connectivity index (χ2v) is 2.94. The zero-order chi connectivity index (χ0) is 9.84. The fourth-order valence-electron chi connectivity index (χ4n) is 1.00. The van der Waals surface area contributed by atoms with Crippen LogP contribution in [0.5, 0.6) is 0 Å².